The zero-order valence-corrected chi connectivity index (χ0v) is 16.8. The van der Waals surface area contributed by atoms with Gasteiger partial charge in [0.15, 0.2) is 0 Å². The lowest BCUT2D eigenvalue weighted by atomic mass is 10.1. The highest BCUT2D eigenvalue weighted by atomic mass is 16.2. The maximum Gasteiger partial charge on any atom is 0.257 e. The van der Waals surface area contributed by atoms with Crippen LogP contribution in [-0.4, -0.2) is 32.0 Å². The van der Waals surface area contributed by atoms with E-state index >= 15 is 0 Å². The van der Waals surface area contributed by atoms with Gasteiger partial charge >= 0.3 is 0 Å². The van der Waals surface area contributed by atoms with Crippen molar-refractivity contribution in [1.29, 1.82) is 0 Å². The minimum Gasteiger partial charge on any atom is -0.324 e. The molecule has 0 radical (unpaired) electrons. The molecule has 0 unspecified atom stereocenters. The van der Waals surface area contributed by atoms with E-state index in [2.05, 4.69) is 26.0 Å². The normalized spacial score (nSPS) is 10.5. The van der Waals surface area contributed by atoms with Crippen LogP contribution in [0, 0.1) is 6.92 Å². The Morgan fingerprint density at radius 1 is 0.871 bits per heavy atom. The molecule has 4 aromatic rings. The Balaban J connectivity index is 1.45. The van der Waals surface area contributed by atoms with Gasteiger partial charge in [-0.1, -0.05) is 54.6 Å². The molecule has 0 aliphatic carbocycles. The fourth-order valence-electron chi connectivity index (χ4n) is 3.07. The Hall–Kier alpha value is -4.33. The third-order valence-electron chi connectivity index (χ3n) is 4.60. The van der Waals surface area contributed by atoms with Gasteiger partial charge in [-0.3, -0.25) is 9.59 Å². The van der Waals surface area contributed by atoms with Crippen molar-refractivity contribution in [2.75, 3.05) is 10.6 Å². The number of para-hydroxylation sites is 2. The maximum atomic E-state index is 12.7. The van der Waals surface area contributed by atoms with E-state index in [0.717, 1.165) is 11.1 Å². The summed E-state index contributed by atoms with van der Waals surface area (Å²) in [4.78, 5) is 26.4. The van der Waals surface area contributed by atoms with Gasteiger partial charge in [-0.15, -0.1) is 10.2 Å². The molecule has 31 heavy (non-hydrogen) atoms. The van der Waals surface area contributed by atoms with Gasteiger partial charge < -0.3 is 10.6 Å². The van der Waals surface area contributed by atoms with Crippen molar-refractivity contribution in [3.05, 3.63) is 90.0 Å². The molecule has 1 heterocycles. The number of carbonyl (C=O) groups is 2. The lowest BCUT2D eigenvalue weighted by Gasteiger charge is -2.11. The van der Waals surface area contributed by atoms with E-state index in [1.807, 2.05) is 49.4 Å². The minimum atomic E-state index is -0.367. The predicted octanol–water partition coefficient (Wildman–Crippen LogP) is 3.54. The molecule has 8 heteroatoms. The summed E-state index contributed by atoms with van der Waals surface area (Å²) >= 11 is 0. The molecule has 0 bridgehead atoms. The number of amides is 2. The standard InChI is InChI=1S/C23H20N6O2/c1-16-9-5-6-12-18(16)22-26-28-29(27-22)15-21(30)25-20-14-8-7-13-19(20)23(31)24-17-10-3-2-4-11-17/h2-14H,15H2,1H3,(H,24,31)(H,25,30). The first-order valence-corrected chi connectivity index (χ1v) is 9.69. The zero-order valence-electron chi connectivity index (χ0n) is 16.8. The second kappa shape index (κ2) is 9.00. The number of hydrogen-bond donors (Lipinski definition) is 2. The summed E-state index contributed by atoms with van der Waals surface area (Å²) in [6.07, 6.45) is 0. The lowest BCUT2D eigenvalue weighted by molar-refractivity contribution is -0.117. The van der Waals surface area contributed by atoms with Crippen molar-refractivity contribution < 1.29 is 9.59 Å². The Morgan fingerprint density at radius 2 is 1.58 bits per heavy atom. The first-order valence-electron chi connectivity index (χ1n) is 9.69. The van der Waals surface area contributed by atoms with E-state index < -0.39 is 0 Å². The highest BCUT2D eigenvalue weighted by Crippen LogP contribution is 2.19. The van der Waals surface area contributed by atoms with Crippen molar-refractivity contribution in [2.24, 2.45) is 0 Å². The summed E-state index contributed by atoms with van der Waals surface area (Å²) in [5.74, 6) is -0.231. The summed E-state index contributed by atoms with van der Waals surface area (Å²) < 4.78 is 0. The molecule has 0 saturated heterocycles. The van der Waals surface area contributed by atoms with Gasteiger partial charge in [-0.25, -0.2) is 0 Å². The van der Waals surface area contributed by atoms with Crippen molar-refractivity contribution in [2.45, 2.75) is 13.5 Å². The smallest absolute Gasteiger partial charge is 0.257 e. The van der Waals surface area contributed by atoms with Gasteiger partial charge in [0.1, 0.15) is 6.54 Å². The van der Waals surface area contributed by atoms with E-state index in [1.165, 1.54) is 4.80 Å². The molecule has 4 rings (SSSR count). The number of nitrogens with one attached hydrogen (secondary N) is 2. The summed E-state index contributed by atoms with van der Waals surface area (Å²) in [5.41, 5.74) is 3.30. The van der Waals surface area contributed by atoms with Crippen molar-refractivity contribution in [3.63, 3.8) is 0 Å². The van der Waals surface area contributed by atoms with Crippen LogP contribution in [0.3, 0.4) is 0 Å². The quantitative estimate of drug-likeness (QED) is 0.504. The SMILES string of the molecule is Cc1ccccc1-c1nnn(CC(=O)Nc2ccccc2C(=O)Nc2ccccc2)n1. The van der Waals surface area contributed by atoms with Gasteiger partial charge in [0.25, 0.3) is 5.91 Å². The number of anilines is 2. The van der Waals surface area contributed by atoms with E-state index in [9.17, 15) is 9.59 Å². The molecule has 0 saturated carbocycles. The van der Waals surface area contributed by atoms with Gasteiger partial charge in [-0.2, -0.15) is 4.80 Å². The minimum absolute atomic E-state index is 0.131. The van der Waals surface area contributed by atoms with Crippen LogP contribution in [-0.2, 0) is 11.3 Å². The molecular formula is C23H20N6O2. The average Bonchev–Trinajstić information content (AvgIpc) is 3.23. The third kappa shape index (κ3) is 4.81. The molecule has 2 N–H and O–H groups in total. The van der Waals surface area contributed by atoms with Crippen LogP contribution in [0.25, 0.3) is 11.4 Å². The number of tetrazole rings is 1. The maximum absolute atomic E-state index is 12.7. The molecule has 154 valence electrons. The van der Waals surface area contributed by atoms with Gasteiger partial charge in [0.05, 0.1) is 11.3 Å². The second-order valence-electron chi connectivity index (χ2n) is 6.87. The molecule has 1 aromatic heterocycles. The largest absolute Gasteiger partial charge is 0.324 e. The van der Waals surface area contributed by atoms with E-state index in [0.29, 0.717) is 22.8 Å². The van der Waals surface area contributed by atoms with Crippen LogP contribution in [0.15, 0.2) is 78.9 Å². The fourth-order valence-corrected chi connectivity index (χ4v) is 3.07. The average molecular weight is 412 g/mol. The molecule has 0 aliphatic rings. The van der Waals surface area contributed by atoms with Gasteiger partial charge in [0.2, 0.25) is 11.7 Å². The highest BCUT2D eigenvalue weighted by molar-refractivity contribution is 6.10. The summed E-state index contributed by atoms with van der Waals surface area (Å²) in [6, 6.07) is 23.6. The Bertz CT molecular complexity index is 1220. The van der Waals surface area contributed by atoms with Crippen LogP contribution in [0.5, 0.6) is 0 Å². The highest BCUT2D eigenvalue weighted by Gasteiger charge is 2.15. The molecule has 0 atom stereocenters. The molecule has 0 fully saturated rings. The zero-order chi connectivity index (χ0) is 21.6. The van der Waals surface area contributed by atoms with Crippen LogP contribution >= 0.6 is 0 Å². The fraction of sp³-hybridized carbons (Fsp3) is 0.0870. The van der Waals surface area contributed by atoms with Crippen molar-refractivity contribution in [3.8, 4) is 11.4 Å². The summed E-state index contributed by atoms with van der Waals surface area (Å²) in [7, 11) is 0. The molecular weight excluding hydrogens is 392 g/mol. The molecule has 3 aromatic carbocycles. The predicted molar refractivity (Wildman–Crippen MR) is 117 cm³/mol. The number of carbonyl (C=O) groups excluding carboxylic acids is 2. The first-order chi connectivity index (χ1) is 15.1. The third-order valence-corrected chi connectivity index (χ3v) is 4.60. The number of aryl methyl sites for hydroxylation is 1. The van der Waals surface area contributed by atoms with E-state index in [1.54, 1.807) is 36.4 Å². The molecule has 0 spiro atoms. The topological polar surface area (TPSA) is 102 Å². The van der Waals surface area contributed by atoms with Crippen molar-refractivity contribution in [1.82, 2.24) is 20.2 Å². The monoisotopic (exact) mass is 412 g/mol. The van der Waals surface area contributed by atoms with Crippen LogP contribution in [0.1, 0.15) is 15.9 Å². The van der Waals surface area contributed by atoms with E-state index in [-0.39, 0.29) is 18.4 Å². The number of nitrogens with zero attached hydrogens (tertiary/aromatic N) is 4. The van der Waals surface area contributed by atoms with Crippen LogP contribution in [0.4, 0.5) is 11.4 Å². The Morgan fingerprint density at radius 3 is 2.39 bits per heavy atom. The molecule has 8 nitrogen and oxygen atoms in total. The lowest BCUT2D eigenvalue weighted by Crippen LogP contribution is -2.22. The van der Waals surface area contributed by atoms with Crippen LogP contribution < -0.4 is 10.6 Å². The summed E-state index contributed by atoms with van der Waals surface area (Å²) in [5, 5.41) is 17.9. The first kappa shape index (κ1) is 20.0. The number of aromatic nitrogens is 4. The summed E-state index contributed by atoms with van der Waals surface area (Å²) in [6.45, 7) is 1.83. The van der Waals surface area contributed by atoms with Crippen molar-refractivity contribution >= 4 is 23.2 Å². The van der Waals surface area contributed by atoms with Gasteiger partial charge in [-0.05, 0) is 42.0 Å². The number of hydrogen-bond acceptors (Lipinski definition) is 5. The molecule has 0 aliphatic heterocycles. The Labute approximate surface area is 178 Å². The number of benzene rings is 3. The Kier molecular flexibility index (Phi) is 5.79. The second-order valence-corrected chi connectivity index (χ2v) is 6.87. The van der Waals surface area contributed by atoms with Gasteiger partial charge in [0, 0.05) is 11.3 Å². The number of rotatable bonds is 6. The molecule has 2 amide bonds. The van der Waals surface area contributed by atoms with E-state index in [4.69, 9.17) is 0 Å². The van der Waals surface area contributed by atoms with Crippen LogP contribution in [0.2, 0.25) is 0 Å².